The largest absolute Gasteiger partial charge is 0.360 e. The van der Waals surface area contributed by atoms with Crippen LogP contribution in [0.2, 0.25) is 0 Å². The standard InChI is InChI=1S/C26H27N5O2/c1-19-8-10-22(11-9-19)31-18-24(25(27-31)21-6-4-3-5-7-21)26(32)30-14-12-29(13-15-30)17-23-16-20(2)28-33-23/h3-11,16,18H,12-15,17H2,1-2H3. The van der Waals surface area contributed by atoms with E-state index in [0.717, 1.165) is 35.8 Å². The van der Waals surface area contributed by atoms with Crippen molar-refractivity contribution in [1.82, 2.24) is 24.7 Å². The number of carbonyl (C=O) groups is 1. The van der Waals surface area contributed by atoms with E-state index < -0.39 is 0 Å². The van der Waals surface area contributed by atoms with Crippen LogP contribution in [-0.4, -0.2) is 56.8 Å². The van der Waals surface area contributed by atoms with Crippen molar-refractivity contribution in [3.8, 4) is 16.9 Å². The Hall–Kier alpha value is -3.71. The Morgan fingerprint density at radius 1 is 0.970 bits per heavy atom. The van der Waals surface area contributed by atoms with Gasteiger partial charge in [-0.05, 0) is 26.0 Å². The van der Waals surface area contributed by atoms with Crippen molar-refractivity contribution >= 4 is 5.91 Å². The fraction of sp³-hybridized carbons (Fsp3) is 0.269. The van der Waals surface area contributed by atoms with Crippen LogP contribution in [0, 0.1) is 13.8 Å². The van der Waals surface area contributed by atoms with Gasteiger partial charge < -0.3 is 9.42 Å². The number of rotatable bonds is 5. The van der Waals surface area contributed by atoms with Crippen molar-refractivity contribution in [3.05, 3.63) is 89.4 Å². The smallest absolute Gasteiger partial charge is 0.257 e. The molecule has 5 rings (SSSR count). The predicted molar refractivity (Wildman–Crippen MR) is 126 cm³/mol. The number of aryl methyl sites for hydroxylation is 2. The molecule has 0 unspecified atom stereocenters. The molecular formula is C26H27N5O2. The summed E-state index contributed by atoms with van der Waals surface area (Å²) in [5.41, 5.74) is 5.28. The minimum atomic E-state index is 0.0161. The van der Waals surface area contributed by atoms with E-state index in [1.165, 1.54) is 5.56 Å². The first-order valence-corrected chi connectivity index (χ1v) is 11.2. The van der Waals surface area contributed by atoms with E-state index in [9.17, 15) is 4.79 Å². The Bertz CT molecular complexity index is 1240. The van der Waals surface area contributed by atoms with Gasteiger partial charge in [0.15, 0.2) is 5.76 Å². The summed E-state index contributed by atoms with van der Waals surface area (Å²) < 4.78 is 7.15. The van der Waals surface area contributed by atoms with Crippen LogP contribution >= 0.6 is 0 Å². The summed E-state index contributed by atoms with van der Waals surface area (Å²) in [6.07, 6.45) is 1.86. The molecule has 2 aromatic carbocycles. The lowest BCUT2D eigenvalue weighted by Gasteiger charge is -2.34. The average Bonchev–Trinajstić information content (AvgIpc) is 3.47. The van der Waals surface area contributed by atoms with Crippen LogP contribution in [0.3, 0.4) is 0 Å². The van der Waals surface area contributed by atoms with Gasteiger partial charge in [0, 0.05) is 44.0 Å². The van der Waals surface area contributed by atoms with Gasteiger partial charge in [-0.3, -0.25) is 9.69 Å². The van der Waals surface area contributed by atoms with Gasteiger partial charge in [-0.1, -0.05) is 53.2 Å². The highest BCUT2D eigenvalue weighted by molar-refractivity contribution is 6.00. The highest BCUT2D eigenvalue weighted by Crippen LogP contribution is 2.25. The first-order valence-electron chi connectivity index (χ1n) is 11.2. The van der Waals surface area contributed by atoms with Gasteiger partial charge in [0.05, 0.1) is 23.5 Å². The molecule has 2 aromatic heterocycles. The third kappa shape index (κ3) is 4.59. The Balaban J connectivity index is 1.37. The highest BCUT2D eigenvalue weighted by Gasteiger charge is 2.27. The number of amides is 1. The zero-order chi connectivity index (χ0) is 22.8. The van der Waals surface area contributed by atoms with Crippen LogP contribution in [0.25, 0.3) is 16.9 Å². The zero-order valence-corrected chi connectivity index (χ0v) is 18.9. The first kappa shape index (κ1) is 21.2. The van der Waals surface area contributed by atoms with E-state index in [4.69, 9.17) is 9.62 Å². The summed E-state index contributed by atoms with van der Waals surface area (Å²) >= 11 is 0. The molecule has 7 heteroatoms. The molecule has 1 aliphatic rings. The maximum atomic E-state index is 13.6. The molecule has 0 saturated carbocycles. The molecule has 0 radical (unpaired) electrons. The molecule has 1 fully saturated rings. The first-order chi connectivity index (χ1) is 16.1. The van der Waals surface area contributed by atoms with E-state index in [-0.39, 0.29) is 5.91 Å². The third-order valence-electron chi connectivity index (χ3n) is 6.01. The Morgan fingerprint density at radius 3 is 2.36 bits per heavy atom. The van der Waals surface area contributed by atoms with Gasteiger partial charge in [-0.25, -0.2) is 4.68 Å². The number of hydrogen-bond acceptors (Lipinski definition) is 5. The van der Waals surface area contributed by atoms with E-state index in [1.54, 1.807) is 4.68 Å². The fourth-order valence-corrected chi connectivity index (χ4v) is 4.16. The fourth-order valence-electron chi connectivity index (χ4n) is 4.16. The van der Waals surface area contributed by atoms with Crippen LogP contribution in [0.15, 0.2) is 71.4 Å². The van der Waals surface area contributed by atoms with Crippen molar-refractivity contribution in [2.45, 2.75) is 20.4 Å². The maximum Gasteiger partial charge on any atom is 0.257 e. The van der Waals surface area contributed by atoms with Gasteiger partial charge in [0.2, 0.25) is 0 Å². The Morgan fingerprint density at radius 2 is 1.70 bits per heavy atom. The number of hydrogen-bond donors (Lipinski definition) is 0. The summed E-state index contributed by atoms with van der Waals surface area (Å²) in [7, 11) is 0. The van der Waals surface area contributed by atoms with Crippen LogP contribution in [0.4, 0.5) is 0 Å². The average molecular weight is 442 g/mol. The number of benzene rings is 2. The van der Waals surface area contributed by atoms with Crippen LogP contribution < -0.4 is 0 Å². The number of aromatic nitrogens is 3. The molecule has 1 saturated heterocycles. The number of carbonyl (C=O) groups excluding carboxylic acids is 1. The molecule has 1 amide bonds. The Labute approximate surface area is 193 Å². The van der Waals surface area contributed by atoms with E-state index in [0.29, 0.717) is 30.9 Å². The Kier molecular flexibility index (Phi) is 5.79. The number of nitrogens with zero attached hydrogens (tertiary/aromatic N) is 5. The molecule has 0 atom stereocenters. The molecule has 0 spiro atoms. The van der Waals surface area contributed by atoms with E-state index in [1.807, 2.05) is 66.6 Å². The lowest BCUT2D eigenvalue weighted by Crippen LogP contribution is -2.48. The summed E-state index contributed by atoms with van der Waals surface area (Å²) in [6.45, 7) is 7.59. The predicted octanol–water partition coefficient (Wildman–Crippen LogP) is 4.10. The normalized spacial score (nSPS) is 14.5. The van der Waals surface area contributed by atoms with Gasteiger partial charge >= 0.3 is 0 Å². The minimum absolute atomic E-state index is 0.0161. The van der Waals surface area contributed by atoms with E-state index in [2.05, 4.69) is 29.1 Å². The molecule has 4 aromatic rings. The molecule has 0 bridgehead atoms. The van der Waals surface area contributed by atoms with Crippen molar-refractivity contribution in [3.63, 3.8) is 0 Å². The molecule has 7 nitrogen and oxygen atoms in total. The molecule has 0 aliphatic carbocycles. The molecule has 1 aliphatic heterocycles. The zero-order valence-electron chi connectivity index (χ0n) is 18.9. The maximum absolute atomic E-state index is 13.6. The minimum Gasteiger partial charge on any atom is -0.360 e. The van der Waals surface area contributed by atoms with Gasteiger partial charge in [-0.15, -0.1) is 0 Å². The quantitative estimate of drug-likeness (QED) is 0.466. The summed E-state index contributed by atoms with van der Waals surface area (Å²) in [5.74, 6) is 0.875. The molecule has 33 heavy (non-hydrogen) atoms. The molecular weight excluding hydrogens is 414 g/mol. The molecule has 0 N–H and O–H groups in total. The third-order valence-corrected chi connectivity index (χ3v) is 6.01. The SMILES string of the molecule is Cc1ccc(-n2cc(C(=O)N3CCN(Cc4cc(C)no4)CC3)c(-c3ccccc3)n2)cc1. The van der Waals surface area contributed by atoms with Crippen molar-refractivity contribution in [2.24, 2.45) is 0 Å². The second-order valence-corrected chi connectivity index (χ2v) is 8.54. The second kappa shape index (κ2) is 9.03. The summed E-state index contributed by atoms with van der Waals surface area (Å²) in [4.78, 5) is 17.8. The summed E-state index contributed by atoms with van der Waals surface area (Å²) in [6, 6.07) is 20.0. The second-order valence-electron chi connectivity index (χ2n) is 8.54. The molecule has 168 valence electrons. The van der Waals surface area contributed by atoms with Gasteiger partial charge in [0.1, 0.15) is 5.69 Å². The lowest BCUT2D eigenvalue weighted by atomic mass is 10.1. The summed E-state index contributed by atoms with van der Waals surface area (Å²) in [5, 5.41) is 8.77. The lowest BCUT2D eigenvalue weighted by molar-refractivity contribution is 0.0618. The monoisotopic (exact) mass is 441 g/mol. The van der Waals surface area contributed by atoms with Crippen LogP contribution in [0.1, 0.15) is 27.4 Å². The van der Waals surface area contributed by atoms with Crippen molar-refractivity contribution < 1.29 is 9.32 Å². The van der Waals surface area contributed by atoms with Crippen molar-refractivity contribution in [2.75, 3.05) is 26.2 Å². The molecule has 3 heterocycles. The van der Waals surface area contributed by atoms with E-state index >= 15 is 0 Å². The van der Waals surface area contributed by atoms with Gasteiger partial charge in [-0.2, -0.15) is 5.10 Å². The van der Waals surface area contributed by atoms with Crippen molar-refractivity contribution in [1.29, 1.82) is 0 Å². The highest BCUT2D eigenvalue weighted by atomic mass is 16.5. The van der Waals surface area contributed by atoms with Crippen LogP contribution in [0.5, 0.6) is 0 Å². The van der Waals surface area contributed by atoms with Gasteiger partial charge in [0.25, 0.3) is 5.91 Å². The van der Waals surface area contributed by atoms with Crippen LogP contribution in [-0.2, 0) is 6.54 Å². The number of piperazine rings is 1. The topological polar surface area (TPSA) is 67.4 Å².